The van der Waals surface area contributed by atoms with E-state index >= 15 is 0 Å². The van der Waals surface area contributed by atoms with E-state index in [9.17, 15) is 35.2 Å². The molecule has 0 saturated carbocycles. The summed E-state index contributed by atoms with van der Waals surface area (Å²) in [4.78, 5) is 21.1. The molecular weight excluding hydrogens is 609 g/mol. The number of nitrogens with zero attached hydrogens (tertiary/aromatic N) is 3. The van der Waals surface area contributed by atoms with Gasteiger partial charge in [-0.1, -0.05) is 23.7 Å². The highest BCUT2D eigenvalue weighted by molar-refractivity contribution is 7.92. The van der Waals surface area contributed by atoms with Gasteiger partial charge in [0, 0.05) is 18.8 Å². The van der Waals surface area contributed by atoms with Crippen molar-refractivity contribution in [3.63, 3.8) is 0 Å². The number of halogens is 6. The number of hydrogen-bond acceptors (Lipinski definition) is 6. The Kier molecular flexibility index (Phi) is 8.54. The van der Waals surface area contributed by atoms with E-state index in [1.165, 1.54) is 44.5 Å². The molecule has 4 rings (SSSR count). The molecule has 0 spiro atoms. The van der Waals surface area contributed by atoms with Gasteiger partial charge in [0.25, 0.3) is 10.0 Å². The minimum atomic E-state index is -4.96. The molecule has 0 bridgehead atoms. The van der Waals surface area contributed by atoms with Crippen LogP contribution in [0.1, 0.15) is 5.56 Å². The Bertz CT molecular complexity index is 1760. The maximum atomic E-state index is 13.8. The zero-order chi connectivity index (χ0) is 30.8. The number of amides is 2. The van der Waals surface area contributed by atoms with Crippen LogP contribution in [0.2, 0.25) is 5.02 Å². The molecule has 4 aromatic rings. The van der Waals surface area contributed by atoms with Gasteiger partial charge in [0.05, 0.1) is 23.4 Å². The Labute approximate surface area is 241 Å². The molecule has 9 nitrogen and oxygen atoms in total. The van der Waals surface area contributed by atoms with E-state index in [1.54, 1.807) is 0 Å². The number of hydrogen-bond donors (Lipinski definition) is 2. The van der Waals surface area contributed by atoms with Crippen LogP contribution in [0, 0.1) is 11.8 Å². The highest BCUT2D eigenvalue weighted by atomic mass is 35.5. The lowest BCUT2D eigenvalue weighted by molar-refractivity contribution is -0.139. The number of aromatic nitrogens is 2. The van der Waals surface area contributed by atoms with E-state index in [0.29, 0.717) is 12.1 Å². The van der Waals surface area contributed by atoms with Gasteiger partial charge in [-0.2, -0.15) is 17.6 Å². The third-order valence-electron chi connectivity index (χ3n) is 5.72. The zero-order valence-electron chi connectivity index (χ0n) is 21.5. The predicted octanol–water partition coefficient (Wildman–Crippen LogP) is 6.38. The van der Waals surface area contributed by atoms with Gasteiger partial charge >= 0.3 is 12.2 Å². The maximum Gasteiger partial charge on any atom is 0.419 e. The summed E-state index contributed by atoms with van der Waals surface area (Å²) >= 11 is 6.42. The largest absolute Gasteiger partial charge is 0.495 e. The topological polar surface area (TPSA) is 114 Å². The maximum absolute atomic E-state index is 13.8. The number of rotatable bonds is 7. The van der Waals surface area contributed by atoms with Crippen molar-refractivity contribution in [3.05, 3.63) is 89.2 Å². The second kappa shape index (κ2) is 11.8. The van der Waals surface area contributed by atoms with Gasteiger partial charge < -0.3 is 10.1 Å². The van der Waals surface area contributed by atoms with Gasteiger partial charge in [-0.25, -0.2) is 32.5 Å². The third kappa shape index (κ3) is 6.36. The molecule has 2 heterocycles. The molecule has 0 atom stereocenters. The van der Waals surface area contributed by atoms with Crippen LogP contribution in [0.25, 0.3) is 11.1 Å². The fourth-order valence-corrected chi connectivity index (χ4v) is 5.00. The summed E-state index contributed by atoms with van der Waals surface area (Å²) in [6.07, 6.45) is -4.02. The average Bonchev–Trinajstić information content (AvgIpc) is 2.93. The van der Waals surface area contributed by atoms with Crippen molar-refractivity contribution in [2.45, 2.75) is 11.1 Å². The summed E-state index contributed by atoms with van der Waals surface area (Å²) in [5.74, 6) is -2.76. The fraction of sp³-hybridized carbons (Fsp3) is 0.115. The Morgan fingerprint density at radius 2 is 1.79 bits per heavy atom. The first-order valence-electron chi connectivity index (χ1n) is 11.6. The van der Waals surface area contributed by atoms with Crippen LogP contribution >= 0.6 is 11.6 Å². The number of urea groups is 1. The Hall–Kier alpha value is -4.50. The Morgan fingerprint density at radius 1 is 1.05 bits per heavy atom. The molecule has 2 aromatic carbocycles. The van der Waals surface area contributed by atoms with Gasteiger partial charge in [-0.15, -0.1) is 0 Å². The first-order chi connectivity index (χ1) is 19.7. The molecule has 0 saturated heterocycles. The second-order valence-electron chi connectivity index (χ2n) is 8.39. The molecule has 2 N–H and O–H groups in total. The van der Waals surface area contributed by atoms with Gasteiger partial charge in [-0.3, -0.25) is 4.72 Å². The Morgan fingerprint density at radius 3 is 2.38 bits per heavy atom. The van der Waals surface area contributed by atoms with Crippen molar-refractivity contribution >= 4 is 45.0 Å². The van der Waals surface area contributed by atoms with Gasteiger partial charge in [0.1, 0.15) is 28.1 Å². The summed E-state index contributed by atoms with van der Waals surface area (Å²) in [6.45, 7) is 0. The number of anilines is 3. The van der Waals surface area contributed by atoms with Gasteiger partial charge in [0.2, 0.25) is 5.95 Å². The summed E-state index contributed by atoms with van der Waals surface area (Å²) < 4.78 is 100. The molecule has 0 aliphatic rings. The minimum Gasteiger partial charge on any atom is -0.495 e. The van der Waals surface area contributed by atoms with Crippen LogP contribution in [0.3, 0.4) is 0 Å². The number of sulfonamides is 1. The molecule has 0 radical (unpaired) electrons. The van der Waals surface area contributed by atoms with Gasteiger partial charge in [-0.05, 0) is 54.1 Å². The molecule has 2 amide bonds. The summed E-state index contributed by atoms with van der Waals surface area (Å²) in [5.41, 5.74) is -1.52. The van der Waals surface area contributed by atoms with E-state index in [4.69, 9.17) is 16.3 Å². The first-order valence-corrected chi connectivity index (χ1v) is 13.5. The highest BCUT2D eigenvalue weighted by Crippen LogP contribution is 2.42. The molecule has 42 heavy (non-hydrogen) atoms. The van der Waals surface area contributed by atoms with E-state index in [0.717, 1.165) is 29.3 Å². The lowest BCUT2D eigenvalue weighted by atomic mass is 10.0. The molecular formula is C26H19ClF5N5O4S. The third-order valence-corrected chi connectivity index (χ3v) is 7.38. The molecule has 220 valence electrons. The SMILES string of the molecule is CNC(=O)N(c1ccc(S(=O)(=O)Nc2cccc(F)n2)cn1)c1cc(Cl)c(-c2ccc(F)c(C(F)(F)F)c2)cc1OC. The van der Waals surface area contributed by atoms with Gasteiger partial charge in [0.15, 0.2) is 0 Å². The van der Waals surface area contributed by atoms with E-state index in [-0.39, 0.29) is 44.1 Å². The van der Waals surface area contributed by atoms with Crippen molar-refractivity contribution in [3.8, 4) is 16.9 Å². The number of alkyl halides is 3. The van der Waals surface area contributed by atoms with Crippen molar-refractivity contribution in [1.82, 2.24) is 15.3 Å². The normalized spacial score (nSPS) is 11.6. The minimum absolute atomic E-state index is 0.00560. The number of ether oxygens (including phenoxy) is 1. The molecule has 0 aliphatic heterocycles. The average molecular weight is 628 g/mol. The molecule has 2 aromatic heterocycles. The number of pyridine rings is 2. The molecule has 0 fully saturated rings. The summed E-state index contributed by atoms with van der Waals surface area (Å²) in [7, 11) is -1.70. The zero-order valence-corrected chi connectivity index (χ0v) is 23.1. The van der Waals surface area contributed by atoms with Crippen LogP contribution in [0.5, 0.6) is 5.75 Å². The highest BCUT2D eigenvalue weighted by Gasteiger charge is 2.34. The predicted molar refractivity (Wildman–Crippen MR) is 144 cm³/mol. The number of nitrogens with one attached hydrogen (secondary N) is 2. The monoisotopic (exact) mass is 627 g/mol. The number of carbonyl (C=O) groups excluding carboxylic acids is 1. The Balaban J connectivity index is 1.74. The van der Waals surface area contributed by atoms with Crippen LogP contribution in [0.15, 0.2) is 71.8 Å². The lowest BCUT2D eigenvalue weighted by Crippen LogP contribution is -2.35. The fourth-order valence-electron chi connectivity index (χ4n) is 3.79. The number of carbonyl (C=O) groups is 1. The summed E-state index contributed by atoms with van der Waals surface area (Å²) in [6, 6.07) is 9.95. The van der Waals surface area contributed by atoms with Crippen LogP contribution in [0.4, 0.5) is 44.1 Å². The molecule has 16 heteroatoms. The number of benzene rings is 2. The van der Waals surface area contributed by atoms with Crippen LogP contribution < -0.4 is 19.7 Å². The standard InChI is InChI=1S/C26H19ClF5N5O4S/c1-33-25(38)37(24-9-7-15(13-34-24)42(39,40)36-23-5-3-4-22(29)35-23)20-12-18(27)16(11-21(20)41-2)14-6-8-19(28)17(10-14)26(30,31)32/h3-13H,1-2H3,(H,33,38)(H,35,36). The van der Waals surface area contributed by atoms with Crippen molar-refractivity contribution in [2.75, 3.05) is 23.8 Å². The quantitative estimate of drug-likeness (QED) is 0.182. The molecule has 0 aliphatic carbocycles. The summed E-state index contributed by atoms with van der Waals surface area (Å²) in [5, 5.41) is 2.28. The molecule has 0 unspecified atom stereocenters. The van der Waals surface area contributed by atoms with Crippen molar-refractivity contribution in [1.29, 1.82) is 0 Å². The van der Waals surface area contributed by atoms with E-state index < -0.39 is 39.6 Å². The van der Waals surface area contributed by atoms with Crippen molar-refractivity contribution < 1.29 is 39.9 Å². The van der Waals surface area contributed by atoms with Crippen LogP contribution in [-0.4, -0.2) is 38.6 Å². The first kappa shape index (κ1) is 30.5. The van der Waals surface area contributed by atoms with E-state index in [2.05, 4.69) is 20.0 Å². The smallest absolute Gasteiger partial charge is 0.419 e. The lowest BCUT2D eigenvalue weighted by Gasteiger charge is -2.24. The second-order valence-corrected chi connectivity index (χ2v) is 10.5. The van der Waals surface area contributed by atoms with Crippen molar-refractivity contribution in [2.24, 2.45) is 0 Å². The number of methoxy groups -OCH3 is 1. The van der Waals surface area contributed by atoms with Crippen LogP contribution in [-0.2, 0) is 16.2 Å². The van der Waals surface area contributed by atoms with E-state index in [1.807, 2.05) is 0 Å².